The van der Waals surface area contributed by atoms with Crippen molar-refractivity contribution < 1.29 is 14.4 Å². The minimum absolute atomic E-state index is 0.0529. The highest BCUT2D eigenvalue weighted by atomic mass is 16.2. The van der Waals surface area contributed by atoms with Gasteiger partial charge in [0.1, 0.15) is 12.1 Å². The molecule has 6 heteroatoms. The van der Waals surface area contributed by atoms with Crippen LogP contribution in [0.25, 0.3) is 0 Å². The molecule has 2 aliphatic rings. The average molecular weight is 405 g/mol. The lowest BCUT2D eigenvalue weighted by Crippen LogP contribution is -2.48. The molecule has 2 aromatic rings. The van der Waals surface area contributed by atoms with Crippen LogP contribution >= 0.6 is 0 Å². The molecule has 4 rings (SSSR count). The predicted octanol–water partition coefficient (Wildman–Crippen LogP) is 3.21. The number of hydrogen-bond donors (Lipinski definition) is 1. The number of nitrogens with one attached hydrogen (secondary N) is 1. The molecule has 156 valence electrons. The Morgan fingerprint density at radius 2 is 1.80 bits per heavy atom. The van der Waals surface area contributed by atoms with E-state index in [4.69, 9.17) is 0 Å². The van der Waals surface area contributed by atoms with Crippen molar-refractivity contribution in [3.63, 3.8) is 0 Å². The summed E-state index contributed by atoms with van der Waals surface area (Å²) >= 11 is 0. The van der Waals surface area contributed by atoms with Crippen LogP contribution in [0.1, 0.15) is 43.4 Å². The first-order valence-electron chi connectivity index (χ1n) is 10.5. The van der Waals surface area contributed by atoms with Crippen molar-refractivity contribution in [1.82, 2.24) is 15.1 Å². The Balaban J connectivity index is 1.56. The fourth-order valence-corrected chi connectivity index (χ4v) is 4.52. The van der Waals surface area contributed by atoms with Crippen LogP contribution in [0.15, 0.2) is 54.6 Å². The molecule has 1 heterocycles. The second-order valence-electron chi connectivity index (χ2n) is 8.34. The van der Waals surface area contributed by atoms with E-state index >= 15 is 0 Å². The van der Waals surface area contributed by atoms with Crippen molar-refractivity contribution in [2.24, 2.45) is 0 Å². The van der Waals surface area contributed by atoms with Gasteiger partial charge in [-0.1, -0.05) is 54.6 Å². The second-order valence-corrected chi connectivity index (χ2v) is 8.34. The van der Waals surface area contributed by atoms with E-state index in [1.165, 1.54) is 0 Å². The zero-order valence-electron chi connectivity index (χ0n) is 17.4. The fourth-order valence-electron chi connectivity index (χ4n) is 4.52. The van der Waals surface area contributed by atoms with Gasteiger partial charge in [-0.05, 0) is 49.8 Å². The van der Waals surface area contributed by atoms with Crippen LogP contribution in [-0.4, -0.2) is 40.2 Å². The molecule has 2 aromatic carbocycles. The van der Waals surface area contributed by atoms with Crippen molar-refractivity contribution in [1.29, 1.82) is 0 Å². The van der Waals surface area contributed by atoms with Crippen LogP contribution in [0.4, 0.5) is 4.79 Å². The normalized spacial score (nSPS) is 20.4. The van der Waals surface area contributed by atoms with Gasteiger partial charge in [-0.25, -0.2) is 4.79 Å². The number of carbonyl (C=O) groups excluding carboxylic acids is 3. The zero-order valence-corrected chi connectivity index (χ0v) is 17.4. The minimum Gasteiger partial charge on any atom is -0.334 e. The van der Waals surface area contributed by atoms with Gasteiger partial charge in [-0.2, -0.15) is 0 Å². The molecule has 4 amide bonds. The van der Waals surface area contributed by atoms with Gasteiger partial charge < -0.3 is 10.2 Å². The molecule has 0 unspecified atom stereocenters. The molecule has 0 aromatic heterocycles. The maximum atomic E-state index is 13.4. The second kappa shape index (κ2) is 7.94. The molecule has 1 atom stereocenters. The molecule has 1 N–H and O–H groups in total. The lowest BCUT2D eigenvalue weighted by molar-refractivity contribution is -0.140. The van der Waals surface area contributed by atoms with Gasteiger partial charge in [0.2, 0.25) is 5.91 Å². The zero-order chi connectivity index (χ0) is 21.3. The van der Waals surface area contributed by atoms with E-state index in [-0.39, 0.29) is 24.4 Å². The molecule has 30 heavy (non-hydrogen) atoms. The summed E-state index contributed by atoms with van der Waals surface area (Å²) in [6.07, 6.45) is 2.26. The SMILES string of the molecule is CC(C)N(Cc1ccccc1)C(=O)CN1C(=O)N[C@]2(CCCc3ccccc32)C1=O. The highest BCUT2D eigenvalue weighted by Gasteiger charge is 2.54. The lowest BCUT2D eigenvalue weighted by atomic mass is 9.76. The molecule has 1 aliphatic carbocycles. The average Bonchev–Trinajstić information content (AvgIpc) is 2.97. The fraction of sp³-hybridized carbons (Fsp3) is 0.375. The number of nitrogens with zero attached hydrogens (tertiary/aromatic N) is 2. The molecule has 1 spiro atoms. The largest absolute Gasteiger partial charge is 0.334 e. The number of aryl methyl sites for hydroxylation is 1. The number of fused-ring (bicyclic) bond motifs is 2. The number of carbonyl (C=O) groups is 3. The van der Waals surface area contributed by atoms with E-state index in [9.17, 15) is 14.4 Å². The van der Waals surface area contributed by atoms with Crippen molar-refractivity contribution in [3.8, 4) is 0 Å². The van der Waals surface area contributed by atoms with Gasteiger partial charge in [0, 0.05) is 12.6 Å². The van der Waals surface area contributed by atoms with E-state index in [0.717, 1.165) is 34.4 Å². The third kappa shape index (κ3) is 3.47. The molecular weight excluding hydrogens is 378 g/mol. The first kappa shape index (κ1) is 20.1. The highest BCUT2D eigenvalue weighted by Crippen LogP contribution is 2.39. The number of hydrogen-bond acceptors (Lipinski definition) is 3. The Hall–Kier alpha value is -3.15. The van der Waals surface area contributed by atoms with Crippen LogP contribution in [0, 0.1) is 0 Å². The number of imide groups is 1. The van der Waals surface area contributed by atoms with Crippen LogP contribution < -0.4 is 5.32 Å². The van der Waals surface area contributed by atoms with Gasteiger partial charge in [0.25, 0.3) is 5.91 Å². The monoisotopic (exact) mass is 405 g/mol. The quantitative estimate of drug-likeness (QED) is 0.777. The van der Waals surface area contributed by atoms with Crippen molar-refractivity contribution in [3.05, 3.63) is 71.3 Å². The molecule has 0 bridgehead atoms. The minimum atomic E-state index is -1.05. The van der Waals surface area contributed by atoms with Gasteiger partial charge in [0.05, 0.1) is 0 Å². The lowest BCUT2D eigenvalue weighted by Gasteiger charge is -2.33. The number of benzene rings is 2. The maximum absolute atomic E-state index is 13.4. The van der Waals surface area contributed by atoms with E-state index in [2.05, 4.69) is 5.32 Å². The molecular formula is C24H27N3O3. The summed E-state index contributed by atoms with van der Waals surface area (Å²) in [6, 6.07) is 16.9. The summed E-state index contributed by atoms with van der Waals surface area (Å²) in [5, 5.41) is 2.92. The predicted molar refractivity (Wildman–Crippen MR) is 113 cm³/mol. The summed E-state index contributed by atoms with van der Waals surface area (Å²) in [7, 11) is 0. The molecule has 0 radical (unpaired) electrons. The smallest absolute Gasteiger partial charge is 0.325 e. The van der Waals surface area contributed by atoms with Crippen LogP contribution in [0.2, 0.25) is 0 Å². The first-order chi connectivity index (χ1) is 14.4. The van der Waals surface area contributed by atoms with Gasteiger partial charge in [-0.3, -0.25) is 14.5 Å². The third-order valence-electron chi connectivity index (χ3n) is 6.08. The summed E-state index contributed by atoms with van der Waals surface area (Å²) in [4.78, 5) is 42.1. The van der Waals surface area contributed by atoms with Crippen LogP contribution in [-0.2, 0) is 28.1 Å². The van der Waals surface area contributed by atoms with E-state index in [1.54, 1.807) is 4.90 Å². The number of rotatable bonds is 5. The molecule has 6 nitrogen and oxygen atoms in total. The van der Waals surface area contributed by atoms with Crippen molar-refractivity contribution >= 4 is 17.8 Å². The summed E-state index contributed by atoms with van der Waals surface area (Å²) in [5.74, 6) is -0.560. The Labute approximate surface area is 176 Å². The summed E-state index contributed by atoms with van der Waals surface area (Å²) in [6.45, 7) is 4.06. The van der Waals surface area contributed by atoms with Gasteiger partial charge >= 0.3 is 6.03 Å². The first-order valence-corrected chi connectivity index (χ1v) is 10.5. The molecule has 1 fully saturated rings. The Morgan fingerprint density at radius 3 is 2.53 bits per heavy atom. The highest BCUT2D eigenvalue weighted by molar-refractivity contribution is 6.09. The van der Waals surface area contributed by atoms with E-state index < -0.39 is 11.6 Å². The van der Waals surface area contributed by atoms with Crippen LogP contribution in [0.3, 0.4) is 0 Å². The standard InChI is InChI=1S/C24H27N3O3/c1-17(2)26(15-18-9-4-3-5-10-18)21(28)16-27-22(29)24(25-23(27)30)14-8-12-19-11-6-7-13-20(19)24/h3-7,9-11,13,17H,8,12,14-16H2,1-2H3,(H,25,30)/t24-/m0/s1. The number of amides is 4. The number of urea groups is 1. The van der Waals surface area contributed by atoms with Crippen molar-refractivity contribution in [2.45, 2.75) is 51.2 Å². The van der Waals surface area contributed by atoms with E-state index in [0.29, 0.717) is 13.0 Å². The summed E-state index contributed by atoms with van der Waals surface area (Å²) in [5.41, 5.74) is 1.90. The molecule has 1 saturated heterocycles. The van der Waals surface area contributed by atoms with Crippen LogP contribution in [0.5, 0.6) is 0 Å². The van der Waals surface area contributed by atoms with Gasteiger partial charge in [-0.15, -0.1) is 0 Å². The van der Waals surface area contributed by atoms with Crippen molar-refractivity contribution in [2.75, 3.05) is 6.54 Å². The van der Waals surface area contributed by atoms with Gasteiger partial charge in [0.15, 0.2) is 0 Å². The molecule has 0 saturated carbocycles. The topological polar surface area (TPSA) is 69.7 Å². The Kier molecular flexibility index (Phi) is 5.33. The summed E-state index contributed by atoms with van der Waals surface area (Å²) < 4.78 is 0. The Morgan fingerprint density at radius 1 is 1.10 bits per heavy atom. The van der Waals surface area contributed by atoms with E-state index in [1.807, 2.05) is 68.4 Å². The maximum Gasteiger partial charge on any atom is 0.325 e. The third-order valence-corrected chi connectivity index (χ3v) is 6.08. The molecule has 1 aliphatic heterocycles. The Bertz CT molecular complexity index is 973.